The van der Waals surface area contributed by atoms with E-state index < -0.39 is 72.4 Å². The van der Waals surface area contributed by atoms with Gasteiger partial charge in [0.25, 0.3) is 18.2 Å². The molecule has 1 aliphatic rings. The van der Waals surface area contributed by atoms with Crippen LogP contribution >= 0.6 is 0 Å². The molecule has 0 radical (unpaired) electrons. The van der Waals surface area contributed by atoms with Gasteiger partial charge in [-0.25, -0.2) is 30.7 Å². The van der Waals surface area contributed by atoms with Crippen LogP contribution in [0.2, 0.25) is 0 Å². The molecule has 0 spiro atoms. The van der Waals surface area contributed by atoms with Crippen molar-refractivity contribution in [3.63, 3.8) is 0 Å². The summed E-state index contributed by atoms with van der Waals surface area (Å²) >= 11 is 0. The summed E-state index contributed by atoms with van der Waals surface area (Å²) in [4.78, 5) is 21.7. The van der Waals surface area contributed by atoms with E-state index in [0.29, 0.717) is 0 Å². The maximum Gasteiger partial charge on any atom is 0.378 e. The molecule has 0 fully saturated rings. The Morgan fingerprint density at radius 3 is 1.59 bits per heavy atom. The van der Waals surface area contributed by atoms with Crippen LogP contribution in [0.3, 0.4) is 0 Å². The summed E-state index contributed by atoms with van der Waals surface area (Å²) < 4.78 is 171. The van der Waals surface area contributed by atoms with Crippen molar-refractivity contribution in [2.45, 2.75) is 55.1 Å². The average molecular weight is 457 g/mol. The third-order valence-corrected chi connectivity index (χ3v) is 3.69. The van der Waals surface area contributed by atoms with Crippen LogP contribution in [-0.4, -0.2) is 66.9 Å². The molecule has 5 atom stereocenters. The molecule has 1 aliphatic heterocycles. The normalized spacial score (nSPS) is 21.5. The largest absolute Gasteiger partial charge is 0.378 e. The Balaban J connectivity index is 3.24. The minimum atomic E-state index is -7.20. The second-order valence-electron chi connectivity index (χ2n) is 5.67. The zero-order chi connectivity index (χ0) is 23.1. The molecule has 0 aliphatic carbocycles. The number of halogens is 13. The summed E-state index contributed by atoms with van der Waals surface area (Å²) in [5.41, 5.74) is -2.06. The summed E-state index contributed by atoms with van der Waals surface area (Å²) in [6.07, 6.45) is -28.2. The van der Waals surface area contributed by atoms with Crippen molar-refractivity contribution in [2.75, 3.05) is 0 Å². The van der Waals surface area contributed by atoms with Gasteiger partial charge in [-0.05, 0) is 0 Å². The minimum Gasteiger partial charge on any atom is -0.289 e. The third-order valence-electron chi connectivity index (χ3n) is 3.69. The molecular formula is C13H8F13NO2. The van der Waals surface area contributed by atoms with Gasteiger partial charge in [-0.1, -0.05) is 0 Å². The lowest BCUT2D eigenvalue weighted by atomic mass is 9.90. The molecule has 0 aromatic rings. The molecule has 0 bridgehead atoms. The highest BCUT2D eigenvalue weighted by Gasteiger charge is 2.79. The Hall–Kier alpha value is -2.03. The lowest BCUT2D eigenvalue weighted by molar-refractivity contribution is -0.340. The molecule has 168 valence electrons. The van der Waals surface area contributed by atoms with Gasteiger partial charge >= 0.3 is 17.8 Å². The average Bonchev–Trinajstić information content (AvgIpc) is 2.95. The van der Waals surface area contributed by atoms with Gasteiger partial charge in [-0.15, -0.1) is 0 Å². The predicted octanol–water partition coefficient (Wildman–Crippen LogP) is 3.43. The topological polar surface area (TPSA) is 46.2 Å². The van der Waals surface area contributed by atoms with Crippen LogP contribution in [0, 0.1) is 0 Å². The highest BCUT2D eigenvalue weighted by Crippen LogP contribution is 2.52. The molecular weight excluding hydrogens is 449 g/mol. The van der Waals surface area contributed by atoms with E-state index in [4.69, 9.17) is 0 Å². The number of nitrogens with one attached hydrogen (secondary N) is 1. The van der Waals surface area contributed by atoms with Gasteiger partial charge in [0.2, 0.25) is 12.3 Å². The number of rotatable bonds is 9. The number of imide groups is 1. The fraction of sp³-hybridized carbons (Fsp3) is 0.692. The van der Waals surface area contributed by atoms with E-state index >= 15 is 0 Å². The number of hydrogen-bond donors (Lipinski definition) is 1. The first-order valence-electron chi connectivity index (χ1n) is 7.10. The van der Waals surface area contributed by atoms with Gasteiger partial charge in [-0.2, -0.15) is 26.3 Å². The quantitative estimate of drug-likeness (QED) is 0.426. The lowest BCUT2D eigenvalue weighted by Gasteiger charge is -2.37. The first-order valence-corrected chi connectivity index (χ1v) is 7.10. The van der Waals surface area contributed by atoms with Crippen LogP contribution in [-0.2, 0) is 9.59 Å². The van der Waals surface area contributed by atoms with E-state index in [1.54, 1.807) is 0 Å². The van der Waals surface area contributed by atoms with Crippen LogP contribution in [0.1, 0.15) is 0 Å². The number of hydrogen-bond acceptors (Lipinski definition) is 2. The third kappa shape index (κ3) is 4.15. The van der Waals surface area contributed by atoms with Crippen molar-refractivity contribution in [3.05, 3.63) is 11.6 Å². The molecule has 0 aromatic heterocycles. The Kier molecular flexibility index (Phi) is 6.90. The zero-order valence-corrected chi connectivity index (χ0v) is 13.3. The maximum absolute atomic E-state index is 13.7. The first-order chi connectivity index (χ1) is 12.9. The SMILES string of the molecule is O=C1C=C(C(F)C(F)(F)C(F)(F)C(F)(F)C(F)C(F)C(F)C(F)C(F)F)C(=O)N1. The second-order valence-corrected chi connectivity index (χ2v) is 5.67. The van der Waals surface area contributed by atoms with E-state index in [1.807, 2.05) is 0 Å². The molecule has 5 unspecified atom stereocenters. The van der Waals surface area contributed by atoms with E-state index in [1.165, 1.54) is 0 Å². The number of amides is 2. The minimum absolute atomic E-state index is 0.298. The Labute approximate surface area is 151 Å². The van der Waals surface area contributed by atoms with Gasteiger partial charge in [0.1, 0.15) is 0 Å². The van der Waals surface area contributed by atoms with Crippen LogP contribution in [0.5, 0.6) is 0 Å². The summed E-state index contributed by atoms with van der Waals surface area (Å²) in [6, 6.07) is 0. The standard InChI is InChI=1S/C13H8F13NO2/c14-4(6(16)9(19)20)5(15)8(18)12(23,24)13(25,26)11(21,22)7(17)2-1-3(28)27-10(2)29/h1,4-9H,(H,27,28,29). The summed E-state index contributed by atoms with van der Waals surface area (Å²) in [5, 5.41) is 1.12. The second kappa shape index (κ2) is 8.01. The molecule has 1 N–H and O–H groups in total. The van der Waals surface area contributed by atoms with Gasteiger partial charge in [-0.3, -0.25) is 14.9 Å². The summed E-state index contributed by atoms with van der Waals surface area (Å²) in [6.45, 7) is 0. The Morgan fingerprint density at radius 1 is 0.724 bits per heavy atom. The van der Waals surface area contributed by atoms with Crippen molar-refractivity contribution in [3.8, 4) is 0 Å². The van der Waals surface area contributed by atoms with E-state index in [9.17, 15) is 66.7 Å². The molecule has 1 rings (SSSR count). The van der Waals surface area contributed by atoms with E-state index in [-0.39, 0.29) is 6.08 Å². The molecule has 0 aromatic carbocycles. The van der Waals surface area contributed by atoms with Crippen LogP contribution in [0.4, 0.5) is 57.1 Å². The summed E-state index contributed by atoms with van der Waals surface area (Å²) in [5.74, 6) is -24.5. The van der Waals surface area contributed by atoms with Gasteiger partial charge in [0, 0.05) is 6.08 Å². The molecule has 0 saturated heterocycles. The van der Waals surface area contributed by atoms with E-state index in [0.717, 1.165) is 5.32 Å². The highest BCUT2D eigenvalue weighted by atomic mass is 19.4. The maximum atomic E-state index is 13.7. The van der Waals surface area contributed by atoms with Gasteiger partial charge < -0.3 is 0 Å². The van der Waals surface area contributed by atoms with Crippen molar-refractivity contribution in [1.82, 2.24) is 5.32 Å². The fourth-order valence-electron chi connectivity index (χ4n) is 2.04. The van der Waals surface area contributed by atoms with Crippen LogP contribution < -0.4 is 5.32 Å². The zero-order valence-electron chi connectivity index (χ0n) is 13.3. The van der Waals surface area contributed by atoms with Crippen LogP contribution in [0.25, 0.3) is 0 Å². The first kappa shape index (κ1) is 25.0. The van der Waals surface area contributed by atoms with Gasteiger partial charge in [0.05, 0.1) is 5.57 Å². The number of carbonyl (C=O) groups excluding carboxylic acids is 2. The van der Waals surface area contributed by atoms with Crippen molar-refractivity contribution in [2.24, 2.45) is 0 Å². The fourth-order valence-corrected chi connectivity index (χ4v) is 2.04. The number of alkyl halides is 13. The number of carbonyl (C=O) groups is 2. The van der Waals surface area contributed by atoms with Crippen molar-refractivity contribution >= 4 is 11.8 Å². The lowest BCUT2D eigenvalue weighted by Crippen LogP contribution is -2.64. The monoisotopic (exact) mass is 457 g/mol. The highest BCUT2D eigenvalue weighted by molar-refractivity contribution is 6.16. The molecule has 2 amide bonds. The summed E-state index contributed by atoms with van der Waals surface area (Å²) in [7, 11) is 0. The molecule has 29 heavy (non-hydrogen) atoms. The Bertz CT molecular complexity index is 680. The molecule has 16 heteroatoms. The van der Waals surface area contributed by atoms with Crippen molar-refractivity contribution in [1.29, 1.82) is 0 Å². The van der Waals surface area contributed by atoms with Gasteiger partial charge in [0.15, 0.2) is 18.5 Å². The van der Waals surface area contributed by atoms with Crippen LogP contribution in [0.15, 0.2) is 11.6 Å². The van der Waals surface area contributed by atoms with Crippen molar-refractivity contribution < 1.29 is 66.7 Å². The molecule has 3 nitrogen and oxygen atoms in total. The molecule has 1 heterocycles. The van der Waals surface area contributed by atoms with E-state index in [2.05, 4.69) is 0 Å². The Morgan fingerprint density at radius 2 is 1.21 bits per heavy atom. The smallest absolute Gasteiger partial charge is 0.289 e. The predicted molar refractivity (Wildman–Crippen MR) is 66.6 cm³/mol. The molecule has 0 saturated carbocycles.